The highest BCUT2D eigenvalue weighted by molar-refractivity contribution is 5.25. The van der Waals surface area contributed by atoms with Crippen LogP contribution < -0.4 is 0 Å². The Balaban J connectivity index is 2.82. The summed E-state index contributed by atoms with van der Waals surface area (Å²) in [5.74, 6) is 2.27. The predicted octanol–water partition coefficient (Wildman–Crippen LogP) is 2.75. The van der Waals surface area contributed by atoms with Gasteiger partial charge >= 0.3 is 0 Å². The molecule has 0 fully saturated rings. The van der Waals surface area contributed by atoms with Crippen LogP contribution >= 0.6 is 0 Å². The van der Waals surface area contributed by atoms with E-state index in [1.165, 1.54) is 5.57 Å². The standard InChI is InChI=1S/C10H16O/c1-7-5-10(11-4)6-8(2)9(7)3/h5-7,9H,1-4H3. The van der Waals surface area contributed by atoms with Crippen LogP contribution in [0, 0.1) is 11.8 Å². The maximum absolute atomic E-state index is 5.16. The molecule has 1 heteroatoms. The Hall–Kier alpha value is -0.720. The van der Waals surface area contributed by atoms with Gasteiger partial charge in [0.1, 0.15) is 5.76 Å². The fourth-order valence-corrected chi connectivity index (χ4v) is 1.35. The SMILES string of the molecule is COC1=CC(C)C(C)C(C)=C1. The molecule has 0 bridgehead atoms. The van der Waals surface area contributed by atoms with Gasteiger partial charge < -0.3 is 4.74 Å². The van der Waals surface area contributed by atoms with Gasteiger partial charge in [-0.25, -0.2) is 0 Å². The molecule has 11 heavy (non-hydrogen) atoms. The van der Waals surface area contributed by atoms with Crippen LogP contribution in [0.1, 0.15) is 20.8 Å². The third-order valence-corrected chi connectivity index (χ3v) is 2.54. The molecular weight excluding hydrogens is 136 g/mol. The van der Waals surface area contributed by atoms with Gasteiger partial charge in [0.15, 0.2) is 0 Å². The normalized spacial score (nSPS) is 30.9. The van der Waals surface area contributed by atoms with E-state index in [-0.39, 0.29) is 0 Å². The van der Waals surface area contributed by atoms with Crippen LogP contribution in [0.4, 0.5) is 0 Å². The summed E-state index contributed by atoms with van der Waals surface area (Å²) in [4.78, 5) is 0. The number of hydrogen-bond donors (Lipinski definition) is 0. The lowest BCUT2D eigenvalue weighted by atomic mass is 9.85. The average molecular weight is 152 g/mol. The van der Waals surface area contributed by atoms with Gasteiger partial charge in [0.2, 0.25) is 0 Å². The molecule has 0 aliphatic heterocycles. The maximum atomic E-state index is 5.16. The third kappa shape index (κ3) is 1.65. The molecule has 0 spiro atoms. The minimum absolute atomic E-state index is 0.606. The zero-order chi connectivity index (χ0) is 8.43. The zero-order valence-corrected chi connectivity index (χ0v) is 7.72. The van der Waals surface area contributed by atoms with Crippen LogP contribution in [-0.2, 0) is 4.74 Å². The van der Waals surface area contributed by atoms with Gasteiger partial charge in [0.05, 0.1) is 7.11 Å². The summed E-state index contributed by atoms with van der Waals surface area (Å²) in [5.41, 5.74) is 1.41. The molecule has 2 unspecified atom stereocenters. The van der Waals surface area contributed by atoms with Gasteiger partial charge in [-0.2, -0.15) is 0 Å². The lowest BCUT2D eigenvalue weighted by molar-refractivity contribution is 0.294. The summed E-state index contributed by atoms with van der Waals surface area (Å²) in [7, 11) is 1.72. The van der Waals surface area contributed by atoms with Crippen molar-refractivity contribution >= 4 is 0 Å². The summed E-state index contributed by atoms with van der Waals surface area (Å²) < 4.78 is 5.16. The molecule has 0 saturated carbocycles. The summed E-state index contributed by atoms with van der Waals surface area (Å²) in [6.45, 7) is 6.63. The lowest BCUT2D eigenvalue weighted by Gasteiger charge is -2.23. The molecule has 62 valence electrons. The van der Waals surface area contributed by atoms with Gasteiger partial charge in [0.25, 0.3) is 0 Å². The fourth-order valence-electron chi connectivity index (χ4n) is 1.35. The molecule has 0 aromatic heterocycles. The first-order valence-corrected chi connectivity index (χ1v) is 4.09. The molecule has 1 rings (SSSR count). The second-order valence-electron chi connectivity index (χ2n) is 3.31. The van der Waals surface area contributed by atoms with Gasteiger partial charge in [-0.1, -0.05) is 19.4 Å². The topological polar surface area (TPSA) is 9.23 Å². The number of allylic oxidation sites excluding steroid dienone is 3. The van der Waals surface area contributed by atoms with Crippen molar-refractivity contribution in [3.8, 4) is 0 Å². The molecule has 0 radical (unpaired) electrons. The number of methoxy groups -OCH3 is 1. The summed E-state index contributed by atoms with van der Waals surface area (Å²) in [5, 5.41) is 0. The van der Waals surface area contributed by atoms with Crippen molar-refractivity contribution in [2.75, 3.05) is 7.11 Å². The lowest BCUT2D eigenvalue weighted by Crippen LogP contribution is -2.12. The predicted molar refractivity (Wildman–Crippen MR) is 47.2 cm³/mol. The molecule has 0 amide bonds. The molecular formula is C10H16O. The van der Waals surface area contributed by atoms with Gasteiger partial charge in [-0.3, -0.25) is 0 Å². The first-order chi connectivity index (χ1) is 5.15. The Labute approximate surface area is 68.8 Å². The highest BCUT2D eigenvalue weighted by Gasteiger charge is 2.16. The van der Waals surface area contributed by atoms with E-state index in [9.17, 15) is 0 Å². The summed E-state index contributed by atoms with van der Waals surface area (Å²) >= 11 is 0. The molecule has 0 aromatic rings. The molecule has 1 nitrogen and oxygen atoms in total. The van der Waals surface area contributed by atoms with Crippen molar-refractivity contribution in [3.63, 3.8) is 0 Å². The zero-order valence-electron chi connectivity index (χ0n) is 7.72. The second-order valence-corrected chi connectivity index (χ2v) is 3.31. The minimum atomic E-state index is 0.606. The van der Waals surface area contributed by atoms with Gasteiger partial charge in [-0.15, -0.1) is 0 Å². The van der Waals surface area contributed by atoms with E-state index < -0.39 is 0 Å². The largest absolute Gasteiger partial charge is 0.497 e. The van der Waals surface area contributed by atoms with Crippen molar-refractivity contribution in [1.29, 1.82) is 0 Å². The summed E-state index contributed by atoms with van der Waals surface area (Å²) in [6, 6.07) is 0. The molecule has 0 heterocycles. The highest BCUT2D eigenvalue weighted by Crippen LogP contribution is 2.27. The molecule has 0 saturated heterocycles. The number of ether oxygens (including phenoxy) is 1. The Morgan fingerprint density at radius 1 is 1.36 bits per heavy atom. The second kappa shape index (κ2) is 3.12. The van der Waals surface area contributed by atoms with E-state index in [0.717, 1.165) is 5.76 Å². The van der Waals surface area contributed by atoms with Crippen molar-refractivity contribution in [3.05, 3.63) is 23.5 Å². The van der Waals surface area contributed by atoms with E-state index in [4.69, 9.17) is 4.74 Å². The van der Waals surface area contributed by atoms with E-state index in [2.05, 4.69) is 32.9 Å². The van der Waals surface area contributed by atoms with Crippen LogP contribution in [0.2, 0.25) is 0 Å². The third-order valence-electron chi connectivity index (χ3n) is 2.54. The molecule has 1 aliphatic carbocycles. The van der Waals surface area contributed by atoms with Gasteiger partial charge in [0, 0.05) is 0 Å². The first kappa shape index (κ1) is 8.38. The van der Waals surface area contributed by atoms with Crippen LogP contribution in [0.5, 0.6) is 0 Å². The fraction of sp³-hybridized carbons (Fsp3) is 0.600. The minimum Gasteiger partial charge on any atom is -0.497 e. The number of rotatable bonds is 1. The number of hydrogen-bond acceptors (Lipinski definition) is 1. The van der Waals surface area contributed by atoms with Crippen LogP contribution in [-0.4, -0.2) is 7.11 Å². The average Bonchev–Trinajstić information content (AvgIpc) is 1.99. The van der Waals surface area contributed by atoms with E-state index >= 15 is 0 Å². The Morgan fingerprint density at radius 2 is 2.00 bits per heavy atom. The monoisotopic (exact) mass is 152 g/mol. The Morgan fingerprint density at radius 3 is 2.45 bits per heavy atom. The maximum Gasteiger partial charge on any atom is 0.115 e. The molecule has 0 aromatic carbocycles. The molecule has 2 atom stereocenters. The Bertz CT molecular complexity index is 201. The van der Waals surface area contributed by atoms with E-state index in [0.29, 0.717) is 11.8 Å². The van der Waals surface area contributed by atoms with Crippen molar-refractivity contribution in [1.82, 2.24) is 0 Å². The van der Waals surface area contributed by atoms with Crippen LogP contribution in [0.15, 0.2) is 23.5 Å². The van der Waals surface area contributed by atoms with Crippen LogP contribution in [0.3, 0.4) is 0 Å². The molecule has 1 aliphatic rings. The van der Waals surface area contributed by atoms with Crippen molar-refractivity contribution < 1.29 is 4.74 Å². The smallest absolute Gasteiger partial charge is 0.115 e. The van der Waals surface area contributed by atoms with Crippen LogP contribution in [0.25, 0.3) is 0 Å². The summed E-state index contributed by atoms with van der Waals surface area (Å²) in [6.07, 6.45) is 4.29. The van der Waals surface area contributed by atoms with Crippen molar-refractivity contribution in [2.45, 2.75) is 20.8 Å². The first-order valence-electron chi connectivity index (χ1n) is 4.09. The Kier molecular flexibility index (Phi) is 2.38. The van der Waals surface area contributed by atoms with Gasteiger partial charge in [-0.05, 0) is 30.9 Å². The van der Waals surface area contributed by atoms with E-state index in [1.807, 2.05) is 0 Å². The highest BCUT2D eigenvalue weighted by atomic mass is 16.5. The van der Waals surface area contributed by atoms with Crippen molar-refractivity contribution in [2.24, 2.45) is 11.8 Å². The van der Waals surface area contributed by atoms with E-state index in [1.54, 1.807) is 7.11 Å². The quantitative estimate of drug-likeness (QED) is 0.561. The molecule has 0 N–H and O–H groups in total.